The van der Waals surface area contributed by atoms with Crippen LogP contribution in [0.3, 0.4) is 0 Å². The molecule has 2 aromatic carbocycles. The van der Waals surface area contributed by atoms with E-state index in [9.17, 15) is 26.4 Å². The number of aromatic nitrogens is 5. The molecule has 0 aliphatic heterocycles. The molecular formula is C46H57N9O8S2. The lowest BCUT2D eigenvalue weighted by molar-refractivity contribution is 0.255. The lowest BCUT2D eigenvalue weighted by Crippen LogP contribution is -2.35. The van der Waals surface area contributed by atoms with Crippen molar-refractivity contribution in [3.63, 3.8) is 0 Å². The van der Waals surface area contributed by atoms with E-state index in [0.717, 1.165) is 115 Å². The Kier molecular flexibility index (Phi) is 11.9. The van der Waals surface area contributed by atoms with E-state index in [-0.39, 0.29) is 27.7 Å². The highest BCUT2D eigenvalue weighted by atomic mass is 32.2. The maximum atomic E-state index is 12.9. The molecule has 4 aromatic heterocycles. The summed E-state index contributed by atoms with van der Waals surface area (Å²) in [4.78, 5) is 38.3. The van der Waals surface area contributed by atoms with Gasteiger partial charge in [-0.05, 0) is 136 Å². The molecule has 0 radical (unpaired) electrons. The fourth-order valence-electron chi connectivity index (χ4n) is 8.30. The minimum atomic E-state index is -4.16. The number of amides is 4. The number of hydrogen-bond acceptors (Lipinski definition) is 12. The van der Waals surface area contributed by atoms with Crippen LogP contribution in [0.5, 0.6) is 5.88 Å². The van der Waals surface area contributed by atoms with Crippen molar-refractivity contribution < 1.29 is 41.3 Å². The maximum Gasteiger partial charge on any atom is 0.333 e. The molecule has 4 heterocycles. The quantitative estimate of drug-likeness (QED) is 0.0901. The predicted molar refractivity (Wildman–Crippen MR) is 250 cm³/mol. The Balaban J connectivity index is 0.000000243. The minimum absolute atomic E-state index is 0. The summed E-state index contributed by atoms with van der Waals surface area (Å²) in [5.74, 6) is 1.51. The van der Waals surface area contributed by atoms with Gasteiger partial charge < -0.3 is 19.8 Å². The molecule has 0 bridgehead atoms. The van der Waals surface area contributed by atoms with Crippen molar-refractivity contribution in [2.75, 3.05) is 17.7 Å². The monoisotopic (exact) mass is 927 g/mol. The molecule has 65 heavy (non-hydrogen) atoms. The summed E-state index contributed by atoms with van der Waals surface area (Å²) in [6.45, 7) is 3.80. The summed E-state index contributed by atoms with van der Waals surface area (Å²) >= 11 is 0. The van der Waals surface area contributed by atoms with Crippen molar-refractivity contribution in [3.05, 3.63) is 113 Å². The number of sulfonamides is 2. The molecule has 4 N–H and O–H groups in total. The molecule has 10 rings (SSSR count). The molecule has 346 valence electrons. The second-order valence-electron chi connectivity index (χ2n) is 16.9. The zero-order valence-electron chi connectivity index (χ0n) is 36.1. The van der Waals surface area contributed by atoms with Crippen molar-refractivity contribution in [1.29, 1.82) is 0 Å². The van der Waals surface area contributed by atoms with Gasteiger partial charge in [0.25, 0.3) is 20.0 Å². The van der Waals surface area contributed by atoms with Gasteiger partial charge in [0, 0.05) is 65.1 Å². The van der Waals surface area contributed by atoms with E-state index in [1.54, 1.807) is 24.7 Å². The number of anilines is 2. The number of ether oxygens (including phenoxy) is 1. The van der Waals surface area contributed by atoms with E-state index in [1.807, 2.05) is 48.9 Å². The summed E-state index contributed by atoms with van der Waals surface area (Å²) in [5, 5.41) is 9.20. The van der Waals surface area contributed by atoms with Crippen molar-refractivity contribution in [2.24, 2.45) is 0 Å². The number of hydrogen-bond donors (Lipinski definition) is 4. The Morgan fingerprint density at radius 2 is 1.31 bits per heavy atom. The second-order valence-corrected chi connectivity index (χ2v) is 20.2. The number of pyridine rings is 2. The summed E-state index contributed by atoms with van der Waals surface area (Å²) in [6.07, 6.45) is 15.7. The Labute approximate surface area is 382 Å². The van der Waals surface area contributed by atoms with E-state index in [0.29, 0.717) is 29.1 Å². The van der Waals surface area contributed by atoms with Crippen molar-refractivity contribution >= 4 is 43.5 Å². The first kappa shape index (κ1) is 43.6. The molecule has 4 aliphatic rings. The first-order valence-corrected chi connectivity index (χ1v) is 24.7. The highest BCUT2D eigenvalue weighted by Crippen LogP contribution is 2.43. The Morgan fingerprint density at radius 3 is 1.86 bits per heavy atom. The van der Waals surface area contributed by atoms with Gasteiger partial charge in [-0.3, -0.25) is 9.67 Å². The van der Waals surface area contributed by atoms with Crippen LogP contribution < -0.4 is 24.8 Å². The predicted octanol–water partition coefficient (Wildman–Crippen LogP) is 9.01. The van der Waals surface area contributed by atoms with Crippen molar-refractivity contribution in [2.45, 2.75) is 106 Å². The lowest BCUT2D eigenvalue weighted by atomic mass is 9.97. The number of aryl methyl sites for hydroxylation is 2. The van der Waals surface area contributed by atoms with Crippen LogP contribution in [0.4, 0.5) is 21.0 Å². The topological polar surface area (TPSA) is 229 Å². The summed E-state index contributed by atoms with van der Waals surface area (Å²) < 4.78 is 66.9. The van der Waals surface area contributed by atoms with Gasteiger partial charge in [-0.2, -0.15) is 26.9 Å². The standard InChI is InChI=1S/C24H27N5O3S.C22H22N4O5S.4H2/c1-15(2)29-13-11-22(27-29)33(31,32)28-24(30)26-23-19-5-3-4-16(19)8-9-20(23)18-10-12-25-21(14-18)17-6-7-17;1-30-18-11-15(9-10-23-18)17-8-7-13-3-2-4-16(13)20(17)25-22(27)26-32(28,29)19-12-31-21(24-19)14-5-6-14;;;;/h8-15,17H,3-7H2,1-2H3,(H2,26,28,30);7-12,14H,2-6H2,1H3,(H2,25,26,27);4*1H. The van der Waals surface area contributed by atoms with Gasteiger partial charge in [0.1, 0.15) is 6.26 Å². The fourth-order valence-corrected chi connectivity index (χ4v) is 9.92. The van der Waals surface area contributed by atoms with E-state index < -0.39 is 32.1 Å². The summed E-state index contributed by atoms with van der Waals surface area (Å²) in [7, 11) is -6.73. The van der Waals surface area contributed by atoms with Crippen LogP contribution in [0.2, 0.25) is 0 Å². The van der Waals surface area contributed by atoms with Gasteiger partial charge >= 0.3 is 12.1 Å². The molecule has 19 heteroatoms. The number of nitrogens with one attached hydrogen (secondary N) is 4. The fraction of sp³-hybridized carbons (Fsp3) is 0.348. The van der Waals surface area contributed by atoms with Crippen LogP contribution in [0.1, 0.15) is 110 Å². The van der Waals surface area contributed by atoms with Crippen molar-refractivity contribution in [1.82, 2.24) is 34.2 Å². The number of carbonyl (C=O) groups is 2. The van der Waals surface area contributed by atoms with E-state index in [2.05, 4.69) is 47.5 Å². The third-order valence-corrected chi connectivity index (χ3v) is 14.3. The number of methoxy groups -OCH3 is 1. The molecule has 2 fully saturated rings. The highest BCUT2D eigenvalue weighted by Gasteiger charge is 2.32. The van der Waals surface area contributed by atoms with Crippen LogP contribution >= 0.6 is 0 Å². The van der Waals surface area contributed by atoms with Crippen LogP contribution in [0.25, 0.3) is 22.3 Å². The SMILES string of the molecule is CC(C)n1ccc(S(=O)(=O)NC(=O)Nc2c(-c3ccnc(C4CC4)c3)ccc3c2CCC3)n1.COc1cc(-c2ccc3c(c2NC(=O)NS(=O)(=O)c2coc(C4CC4)n2)CCC3)ccn1.[HH].[HH].[HH].[HH]. The molecule has 4 amide bonds. The number of nitrogens with zero attached hydrogens (tertiary/aromatic N) is 5. The lowest BCUT2D eigenvalue weighted by Gasteiger charge is -2.17. The van der Waals surface area contributed by atoms with Gasteiger partial charge in [-0.25, -0.2) is 24.0 Å². The third-order valence-electron chi connectivity index (χ3n) is 11.9. The number of benzene rings is 2. The van der Waals surface area contributed by atoms with Crippen molar-refractivity contribution in [3.8, 4) is 28.1 Å². The van der Waals surface area contributed by atoms with Gasteiger partial charge in [-0.15, -0.1) is 0 Å². The van der Waals surface area contributed by atoms with Crippen LogP contribution in [-0.2, 0) is 45.7 Å². The molecule has 17 nitrogen and oxygen atoms in total. The van der Waals surface area contributed by atoms with E-state index >= 15 is 0 Å². The van der Waals surface area contributed by atoms with E-state index in [1.165, 1.54) is 23.4 Å². The average Bonchev–Trinajstić information content (AvgIpc) is 4.00. The number of rotatable bonds is 12. The Bertz CT molecular complexity index is 3050. The number of fused-ring (bicyclic) bond motifs is 2. The third kappa shape index (κ3) is 9.61. The molecule has 0 saturated heterocycles. The molecule has 0 spiro atoms. The van der Waals surface area contributed by atoms with Crippen LogP contribution in [-0.4, -0.2) is 60.7 Å². The zero-order chi connectivity index (χ0) is 45.5. The largest absolute Gasteiger partial charge is 0.481 e. The van der Waals surface area contributed by atoms with Gasteiger partial charge in [0.15, 0.2) is 10.9 Å². The Hall–Kier alpha value is -6.60. The highest BCUT2D eigenvalue weighted by molar-refractivity contribution is 7.90. The molecule has 4 aliphatic carbocycles. The minimum Gasteiger partial charge on any atom is -0.481 e. The molecule has 2 saturated carbocycles. The smallest absolute Gasteiger partial charge is 0.333 e. The normalized spacial score (nSPS) is 15.4. The number of carbonyl (C=O) groups excluding carboxylic acids is 2. The van der Waals surface area contributed by atoms with Crippen LogP contribution in [0, 0.1) is 0 Å². The van der Waals surface area contributed by atoms with Gasteiger partial charge in [0.05, 0.1) is 18.5 Å². The summed E-state index contributed by atoms with van der Waals surface area (Å²) in [6, 6.07) is 15.4. The molecular weight excluding hydrogens is 871 g/mol. The second kappa shape index (κ2) is 17.8. The van der Waals surface area contributed by atoms with Crippen LogP contribution in [0.15, 0.2) is 93.9 Å². The summed E-state index contributed by atoms with van der Waals surface area (Å²) in [5.41, 5.74) is 10.1. The maximum absolute atomic E-state index is 12.9. The molecule has 0 unspecified atom stereocenters. The first-order chi connectivity index (χ1) is 31.3. The molecule has 0 atom stereocenters. The molecule has 6 aromatic rings. The van der Waals surface area contributed by atoms with Gasteiger partial charge in [-0.1, -0.05) is 24.3 Å². The Morgan fingerprint density at radius 1 is 0.738 bits per heavy atom. The zero-order valence-corrected chi connectivity index (χ0v) is 37.8. The van der Waals surface area contributed by atoms with Gasteiger partial charge in [0.2, 0.25) is 10.9 Å². The average molecular weight is 928 g/mol. The van der Waals surface area contributed by atoms with E-state index in [4.69, 9.17) is 9.15 Å². The number of urea groups is 2. The first-order valence-electron chi connectivity index (χ1n) is 21.7. The number of oxazole rings is 1.